The molecule has 1 aliphatic carbocycles. The monoisotopic (exact) mass is 244 g/mol. The first-order chi connectivity index (χ1) is 8.48. The number of aromatic nitrogens is 3. The SMILES string of the molecule is CC(C)(C)C(N)c1nc2cccnc2n1C1CC1. The zero-order chi connectivity index (χ0) is 12.9. The normalized spacial score (nSPS) is 18.2. The third-order valence-corrected chi connectivity index (χ3v) is 3.60. The molecule has 1 saturated carbocycles. The maximum Gasteiger partial charge on any atom is 0.160 e. The Hall–Kier alpha value is -1.42. The summed E-state index contributed by atoms with van der Waals surface area (Å²) in [6, 6.07) is 4.43. The zero-order valence-electron chi connectivity index (χ0n) is 11.2. The highest BCUT2D eigenvalue weighted by Crippen LogP contribution is 2.41. The van der Waals surface area contributed by atoms with Crippen LogP contribution in [0.1, 0.15) is 51.5 Å². The Morgan fingerprint density at radius 3 is 2.72 bits per heavy atom. The van der Waals surface area contributed by atoms with Crippen LogP contribution in [-0.2, 0) is 0 Å². The van der Waals surface area contributed by atoms with Gasteiger partial charge in [-0.25, -0.2) is 9.97 Å². The van der Waals surface area contributed by atoms with Gasteiger partial charge in [0, 0.05) is 12.2 Å². The van der Waals surface area contributed by atoms with Crippen LogP contribution in [0.2, 0.25) is 0 Å². The summed E-state index contributed by atoms with van der Waals surface area (Å²) in [6.45, 7) is 6.46. The molecule has 2 N–H and O–H groups in total. The Morgan fingerprint density at radius 2 is 2.11 bits per heavy atom. The molecule has 4 nitrogen and oxygen atoms in total. The van der Waals surface area contributed by atoms with Gasteiger partial charge in [-0.1, -0.05) is 20.8 Å². The minimum absolute atomic E-state index is 0.00795. The zero-order valence-corrected chi connectivity index (χ0v) is 11.2. The number of imidazole rings is 1. The van der Waals surface area contributed by atoms with Gasteiger partial charge >= 0.3 is 0 Å². The number of rotatable bonds is 2. The van der Waals surface area contributed by atoms with E-state index >= 15 is 0 Å². The van der Waals surface area contributed by atoms with Gasteiger partial charge in [-0.3, -0.25) is 0 Å². The van der Waals surface area contributed by atoms with Crippen molar-refractivity contribution in [2.24, 2.45) is 11.1 Å². The van der Waals surface area contributed by atoms with Gasteiger partial charge in [0.1, 0.15) is 11.3 Å². The predicted molar refractivity (Wildman–Crippen MR) is 72.2 cm³/mol. The van der Waals surface area contributed by atoms with Crippen molar-refractivity contribution in [1.82, 2.24) is 14.5 Å². The largest absolute Gasteiger partial charge is 0.321 e. The number of nitrogens with two attached hydrogens (primary N) is 1. The van der Waals surface area contributed by atoms with Crippen LogP contribution < -0.4 is 5.73 Å². The molecule has 96 valence electrons. The van der Waals surface area contributed by atoms with Gasteiger partial charge in [-0.15, -0.1) is 0 Å². The van der Waals surface area contributed by atoms with Gasteiger partial charge in [-0.2, -0.15) is 0 Å². The van der Waals surface area contributed by atoms with Crippen molar-refractivity contribution >= 4 is 11.2 Å². The number of hydrogen-bond donors (Lipinski definition) is 1. The molecule has 0 spiro atoms. The third-order valence-electron chi connectivity index (χ3n) is 3.60. The van der Waals surface area contributed by atoms with E-state index in [-0.39, 0.29) is 11.5 Å². The van der Waals surface area contributed by atoms with Crippen LogP contribution in [0.15, 0.2) is 18.3 Å². The molecular weight excluding hydrogens is 224 g/mol. The van der Waals surface area contributed by atoms with Gasteiger partial charge in [0.15, 0.2) is 5.65 Å². The van der Waals surface area contributed by atoms with Crippen LogP contribution >= 0.6 is 0 Å². The van der Waals surface area contributed by atoms with Crippen LogP contribution in [0.4, 0.5) is 0 Å². The molecule has 1 aliphatic rings. The summed E-state index contributed by atoms with van der Waals surface area (Å²) in [4.78, 5) is 9.19. The molecule has 2 aromatic heterocycles. The highest BCUT2D eigenvalue weighted by molar-refractivity contribution is 5.71. The molecule has 1 fully saturated rings. The summed E-state index contributed by atoms with van der Waals surface area (Å²) in [5.74, 6) is 0.985. The van der Waals surface area contributed by atoms with E-state index in [1.54, 1.807) is 0 Å². The Balaban J connectivity index is 2.19. The quantitative estimate of drug-likeness (QED) is 0.883. The van der Waals surface area contributed by atoms with Gasteiger partial charge in [0.2, 0.25) is 0 Å². The average molecular weight is 244 g/mol. The first-order valence-corrected chi connectivity index (χ1v) is 6.57. The van der Waals surface area contributed by atoms with E-state index in [1.165, 1.54) is 12.8 Å². The molecule has 0 aromatic carbocycles. The van der Waals surface area contributed by atoms with Crippen molar-refractivity contribution < 1.29 is 0 Å². The molecule has 0 radical (unpaired) electrons. The van der Waals surface area contributed by atoms with Crippen LogP contribution in [-0.4, -0.2) is 14.5 Å². The van der Waals surface area contributed by atoms with E-state index in [0.717, 1.165) is 17.0 Å². The van der Waals surface area contributed by atoms with Crippen molar-refractivity contribution in [3.63, 3.8) is 0 Å². The molecular formula is C14H20N4. The fraction of sp³-hybridized carbons (Fsp3) is 0.571. The third kappa shape index (κ3) is 1.81. The molecule has 4 heteroatoms. The summed E-state index contributed by atoms with van der Waals surface area (Å²) < 4.78 is 2.26. The molecule has 1 unspecified atom stereocenters. The number of hydrogen-bond acceptors (Lipinski definition) is 3. The lowest BCUT2D eigenvalue weighted by Crippen LogP contribution is -2.29. The maximum atomic E-state index is 6.39. The van der Waals surface area contributed by atoms with E-state index in [2.05, 4.69) is 30.3 Å². The fourth-order valence-corrected chi connectivity index (χ4v) is 2.25. The van der Waals surface area contributed by atoms with Gasteiger partial charge in [0.25, 0.3) is 0 Å². The lowest BCUT2D eigenvalue weighted by molar-refractivity contribution is 0.308. The molecule has 3 rings (SSSR count). The smallest absolute Gasteiger partial charge is 0.160 e. The van der Waals surface area contributed by atoms with Crippen molar-refractivity contribution in [3.8, 4) is 0 Å². The summed E-state index contributed by atoms with van der Waals surface area (Å²) in [6.07, 6.45) is 4.26. The van der Waals surface area contributed by atoms with Gasteiger partial charge in [0.05, 0.1) is 6.04 Å². The summed E-state index contributed by atoms with van der Waals surface area (Å²) in [7, 11) is 0. The van der Waals surface area contributed by atoms with Crippen LogP contribution in [0.25, 0.3) is 11.2 Å². The van der Waals surface area contributed by atoms with E-state index in [9.17, 15) is 0 Å². The molecule has 0 amide bonds. The number of nitrogens with zero attached hydrogens (tertiary/aromatic N) is 3. The van der Waals surface area contributed by atoms with Crippen LogP contribution in [0.5, 0.6) is 0 Å². The Kier molecular flexibility index (Phi) is 2.45. The van der Waals surface area contributed by atoms with Crippen LogP contribution in [0.3, 0.4) is 0 Å². The Labute approximate surface area is 107 Å². The first kappa shape index (κ1) is 11.7. The van der Waals surface area contributed by atoms with E-state index < -0.39 is 0 Å². The average Bonchev–Trinajstić information content (AvgIpc) is 3.07. The van der Waals surface area contributed by atoms with Crippen molar-refractivity contribution in [3.05, 3.63) is 24.2 Å². The topological polar surface area (TPSA) is 56.7 Å². The number of fused-ring (bicyclic) bond motifs is 1. The second kappa shape index (κ2) is 3.79. The van der Waals surface area contributed by atoms with Crippen molar-refractivity contribution in [2.45, 2.75) is 45.7 Å². The summed E-state index contributed by atoms with van der Waals surface area (Å²) >= 11 is 0. The molecule has 1 atom stereocenters. The molecule has 0 bridgehead atoms. The lowest BCUT2D eigenvalue weighted by Gasteiger charge is -2.27. The second-order valence-corrected chi connectivity index (χ2v) is 6.26. The fourth-order valence-electron chi connectivity index (χ4n) is 2.25. The van der Waals surface area contributed by atoms with E-state index in [1.807, 2.05) is 18.3 Å². The van der Waals surface area contributed by atoms with E-state index in [4.69, 9.17) is 10.7 Å². The Bertz CT molecular complexity index is 575. The molecule has 2 aromatic rings. The summed E-state index contributed by atoms with van der Waals surface area (Å²) in [5, 5.41) is 0. The van der Waals surface area contributed by atoms with Crippen molar-refractivity contribution in [1.29, 1.82) is 0 Å². The standard InChI is InChI=1S/C14H20N4/c1-14(2,3)11(15)13-17-10-5-4-8-16-12(10)18(13)9-6-7-9/h4-5,8-9,11H,6-7,15H2,1-3H3. The molecule has 2 heterocycles. The summed E-state index contributed by atoms with van der Waals surface area (Å²) in [5.41, 5.74) is 8.34. The number of pyridine rings is 1. The van der Waals surface area contributed by atoms with Gasteiger partial charge in [-0.05, 0) is 30.4 Å². The van der Waals surface area contributed by atoms with Crippen molar-refractivity contribution in [2.75, 3.05) is 0 Å². The molecule has 0 aliphatic heterocycles. The second-order valence-electron chi connectivity index (χ2n) is 6.26. The minimum atomic E-state index is -0.0627. The minimum Gasteiger partial charge on any atom is -0.321 e. The lowest BCUT2D eigenvalue weighted by atomic mass is 9.87. The Morgan fingerprint density at radius 1 is 1.39 bits per heavy atom. The predicted octanol–water partition coefficient (Wildman–Crippen LogP) is 2.81. The van der Waals surface area contributed by atoms with Gasteiger partial charge < -0.3 is 10.3 Å². The highest BCUT2D eigenvalue weighted by atomic mass is 15.2. The molecule has 0 saturated heterocycles. The maximum absolute atomic E-state index is 6.39. The highest BCUT2D eigenvalue weighted by Gasteiger charge is 2.34. The van der Waals surface area contributed by atoms with E-state index in [0.29, 0.717) is 6.04 Å². The molecule has 18 heavy (non-hydrogen) atoms. The first-order valence-electron chi connectivity index (χ1n) is 6.57. The van der Waals surface area contributed by atoms with Crippen LogP contribution in [0, 0.1) is 5.41 Å².